The molecule has 3 atom stereocenters. The Balaban J connectivity index is 2.25. The molecular weight excluding hydrogens is 308 g/mol. The maximum Gasteiger partial charge on any atom is 0.328 e. The zero-order valence-electron chi connectivity index (χ0n) is 12.8. The van der Waals surface area contributed by atoms with Crippen molar-refractivity contribution >= 4 is 23.7 Å². The number of nitrogens with one attached hydrogen (secondary N) is 4. The Morgan fingerprint density at radius 2 is 1.83 bits per heavy atom. The predicted molar refractivity (Wildman–Crippen MR) is 78.3 cm³/mol. The fourth-order valence-electron chi connectivity index (χ4n) is 2.05. The Morgan fingerprint density at radius 3 is 2.35 bits per heavy atom. The van der Waals surface area contributed by atoms with Crippen molar-refractivity contribution in [2.24, 2.45) is 0 Å². The van der Waals surface area contributed by atoms with Crippen molar-refractivity contribution in [2.45, 2.75) is 38.0 Å². The molecule has 6 N–H and O–H groups in total. The second-order valence-electron chi connectivity index (χ2n) is 5.27. The van der Waals surface area contributed by atoms with Crippen LogP contribution >= 0.6 is 0 Å². The van der Waals surface area contributed by atoms with Gasteiger partial charge in [0, 0.05) is 0 Å². The average molecular weight is 330 g/mol. The van der Waals surface area contributed by atoms with Crippen LogP contribution in [0.3, 0.4) is 0 Å². The molecule has 1 rings (SSSR count). The number of hydrogen-bond donors (Lipinski definition) is 6. The summed E-state index contributed by atoms with van der Waals surface area (Å²) in [7, 11) is 0. The van der Waals surface area contributed by atoms with Crippen LogP contribution in [-0.2, 0) is 19.2 Å². The van der Waals surface area contributed by atoms with Crippen molar-refractivity contribution in [2.75, 3.05) is 19.6 Å². The summed E-state index contributed by atoms with van der Waals surface area (Å²) in [5.74, 6) is -2.98. The number of carboxylic acids is 1. The van der Waals surface area contributed by atoms with Crippen molar-refractivity contribution in [1.82, 2.24) is 21.3 Å². The van der Waals surface area contributed by atoms with Crippen molar-refractivity contribution in [1.29, 1.82) is 0 Å². The van der Waals surface area contributed by atoms with Gasteiger partial charge >= 0.3 is 5.97 Å². The van der Waals surface area contributed by atoms with Crippen LogP contribution in [0.4, 0.5) is 0 Å². The van der Waals surface area contributed by atoms with Gasteiger partial charge in [-0.25, -0.2) is 4.79 Å². The molecule has 1 saturated heterocycles. The Bertz CT molecular complexity index is 461. The number of aliphatic carboxylic acids is 1. The van der Waals surface area contributed by atoms with E-state index in [1.165, 1.54) is 6.92 Å². The molecule has 23 heavy (non-hydrogen) atoms. The summed E-state index contributed by atoms with van der Waals surface area (Å²) in [6.07, 6.45) is 0.343. The maximum absolute atomic E-state index is 11.7. The highest BCUT2D eigenvalue weighted by Gasteiger charge is 2.25. The fraction of sp³-hybridized carbons (Fsp3) is 0.692. The highest BCUT2D eigenvalue weighted by atomic mass is 16.4. The van der Waals surface area contributed by atoms with E-state index >= 15 is 0 Å². The van der Waals surface area contributed by atoms with E-state index in [1.807, 2.05) is 0 Å². The van der Waals surface area contributed by atoms with Gasteiger partial charge in [0.15, 0.2) is 6.04 Å². The smallest absolute Gasteiger partial charge is 0.328 e. The van der Waals surface area contributed by atoms with E-state index in [1.54, 1.807) is 0 Å². The van der Waals surface area contributed by atoms with Crippen molar-refractivity contribution in [3.05, 3.63) is 0 Å². The van der Waals surface area contributed by atoms with Gasteiger partial charge in [-0.1, -0.05) is 0 Å². The zero-order chi connectivity index (χ0) is 17.4. The van der Waals surface area contributed by atoms with Gasteiger partial charge in [0.05, 0.1) is 25.2 Å². The molecule has 10 heteroatoms. The topological polar surface area (TPSA) is 157 Å². The standard InChI is InChI=1S/C13H22N4O6/c1-7(18)11(13(22)23)17-10(20)6-15-9(19)5-16-12(21)8-3-2-4-14-8/h7-8,11,14,18H,2-6H2,1H3,(H,15,19)(H,16,21)(H,17,20)(H,22,23). The molecule has 1 heterocycles. The maximum atomic E-state index is 11.7. The monoisotopic (exact) mass is 330 g/mol. The average Bonchev–Trinajstić information content (AvgIpc) is 3.01. The molecule has 0 aliphatic carbocycles. The first-order valence-corrected chi connectivity index (χ1v) is 7.29. The highest BCUT2D eigenvalue weighted by molar-refractivity contribution is 5.90. The van der Waals surface area contributed by atoms with Gasteiger partial charge in [0.2, 0.25) is 17.7 Å². The summed E-state index contributed by atoms with van der Waals surface area (Å²) in [5.41, 5.74) is 0. The predicted octanol–water partition coefficient (Wildman–Crippen LogP) is -3.08. The lowest BCUT2D eigenvalue weighted by molar-refractivity contribution is -0.144. The normalized spacial score (nSPS) is 19.5. The summed E-state index contributed by atoms with van der Waals surface area (Å²) in [6, 6.07) is -1.75. The molecule has 0 aromatic heterocycles. The van der Waals surface area contributed by atoms with Gasteiger partial charge in [-0.2, -0.15) is 0 Å². The minimum atomic E-state index is -1.45. The van der Waals surface area contributed by atoms with E-state index in [2.05, 4.69) is 21.3 Å². The molecule has 3 amide bonds. The quantitative estimate of drug-likeness (QED) is 0.275. The van der Waals surface area contributed by atoms with Gasteiger partial charge in [-0.3, -0.25) is 14.4 Å². The third-order valence-corrected chi connectivity index (χ3v) is 3.31. The van der Waals surface area contributed by atoms with Crippen LogP contribution in [0.1, 0.15) is 19.8 Å². The number of aliphatic hydroxyl groups is 1. The molecule has 0 radical (unpaired) electrons. The number of amides is 3. The lowest BCUT2D eigenvalue weighted by atomic mass is 10.2. The SMILES string of the molecule is CC(O)C(NC(=O)CNC(=O)CNC(=O)C1CCCN1)C(=O)O. The van der Waals surface area contributed by atoms with Crippen LogP contribution in [0.15, 0.2) is 0 Å². The molecular formula is C13H22N4O6. The molecule has 1 aliphatic rings. The lowest BCUT2D eigenvalue weighted by Crippen LogP contribution is -2.51. The minimum absolute atomic E-state index is 0.275. The number of carboxylic acid groups (broad SMARTS) is 1. The molecule has 1 aliphatic heterocycles. The van der Waals surface area contributed by atoms with E-state index in [0.717, 1.165) is 13.0 Å². The molecule has 1 fully saturated rings. The Morgan fingerprint density at radius 1 is 1.17 bits per heavy atom. The molecule has 3 unspecified atom stereocenters. The molecule has 10 nitrogen and oxygen atoms in total. The van der Waals surface area contributed by atoms with Crippen LogP contribution in [0, 0.1) is 0 Å². The summed E-state index contributed by atoms with van der Waals surface area (Å²) in [6.45, 7) is 1.26. The van der Waals surface area contributed by atoms with Crippen molar-refractivity contribution in [3.8, 4) is 0 Å². The molecule has 0 saturated carbocycles. The highest BCUT2D eigenvalue weighted by Crippen LogP contribution is 2.03. The van der Waals surface area contributed by atoms with Crippen LogP contribution in [0.2, 0.25) is 0 Å². The van der Waals surface area contributed by atoms with Gasteiger partial charge in [-0.05, 0) is 26.3 Å². The molecule has 0 aromatic rings. The second kappa shape index (κ2) is 9.06. The Hall–Kier alpha value is -2.20. The zero-order valence-corrected chi connectivity index (χ0v) is 12.8. The van der Waals surface area contributed by atoms with Crippen LogP contribution in [0.25, 0.3) is 0 Å². The van der Waals surface area contributed by atoms with Gasteiger partial charge < -0.3 is 31.5 Å². The van der Waals surface area contributed by atoms with Crippen LogP contribution in [-0.4, -0.2) is 71.7 Å². The molecule has 130 valence electrons. The van der Waals surface area contributed by atoms with E-state index in [-0.39, 0.29) is 18.5 Å². The lowest BCUT2D eigenvalue weighted by Gasteiger charge is -2.17. The first kappa shape index (κ1) is 18.8. The summed E-state index contributed by atoms with van der Waals surface area (Å²) < 4.78 is 0. The van der Waals surface area contributed by atoms with Crippen LogP contribution in [0.5, 0.6) is 0 Å². The van der Waals surface area contributed by atoms with E-state index in [4.69, 9.17) is 5.11 Å². The van der Waals surface area contributed by atoms with Crippen molar-refractivity contribution < 1.29 is 29.4 Å². The van der Waals surface area contributed by atoms with Gasteiger partial charge in [0.1, 0.15) is 0 Å². The number of carbonyl (C=O) groups is 4. The van der Waals surface area contributed by atoms with Gasteiger partial charge in [0.25, 0.3) is 0 Å². The number of carbonyl (C=O) groups excluding carboxylic acids is 3. The largest absolute Gasteiger partial charge is 0.480 e. The van der Waals surface area contributed by atoms with Crippen LogP contribution < -0.4 is 21.3 Å². The number of aliphatic hydroxyl groups excluding tert-OH is 1. The first-order valence-electron chi connectivity index (χ1n) is 7.29. The summed E-state index contributed by atoms with van der Waals surface area (Å²) in [4.78, 5) is 45.5. The molecule has 0 aromatic carbocycles. The fourth-order valence-corrected chi connectivity index (χ4v) is 2.05. The Labute approximate surface area is 133 Å². The molecule has 0 spiro atoms. The third kappa shape index (κ3) is 6.61. The first-order chi connectivity index (χ1) is 10.8. The summed E-state index contributed by atoms with van der Waals surface area (Å²) >= 11 is 0. The van der Waals surface area contributed by atoms with Crippen molar-refractivity contribution in [3.63, 3.8) is 0 Å². The molecule has 0 bridgehead atoms. The number of rotatable bonds is 8. The van der Waals surface area contributed by atoms with E-state index in [0.29, 0.717) is 6.42 Å². The third-order valence-electron chi connectivity index (χ3n) is 3.31. The van der Waals surface area contributed by atoms with Gasteiger partial charge in [-0.15, -0.1) is 0 Å². The van der Waals surface area contributed by atoms with E-state index < -0.39 is 36.5 Å². The number of hydrogen-bond acceptors (Lipinski definition) is 6. The van der Waals surface area contributed by atoms with E-state index in [9.17, 15) is 24.3 Å². The second-order valence-corrected chi connectivity index (χ2v) is 5.27. The Kier molecular flexibility index (Phi) is 7.42. The summed E-state index contributed by atoms with van der Waals surface area (Å²) in [5, 5.41) is 27.8. The minimum Gasteiger partial charge on any atom is -0.480 e.